The van der Waals surface area contributed by atoms with E-state index in [0.29, 0.717) is 0 Å². The zero-order chi connectivity index (χ0) is 65.2. The quantitative estimate of drug-likeness (QED) is 0.147. The van der Waals surface area contributed by atoms with Crippen LogP contribution in [-0.2, 0) is 32.5 Å². The van der Waals surface area contributed by atoms with Gasteiger partial charge in [-0.2, -0.15) is 0 Å². The molecule has 0 unspecified atom stereocenters. The van der Waals surface area contributed by atoms with Gasteiger partial charge in [-0.1, -0.05) is 267 Å². The highest BCUT2D eigenvalue weighted by molar-refractivity contribution is 7.00. The molecule has 0 spiro atoms. The number of nitrogens with zero attached hydrogens (tertiary/aromatic N) is 3. The molecule has 12 aromatic rings. The zero-order valence-corrected chi connectivity index (χ0v) is 57.7. The predicted octanol–water partition coefficient (Wildman–Crippen LogP) is 22.8. The van der Waals surface area contributed by atoms with Gasteiger partial charge in [-0.05, 0) is 213 Å². The number of hydrogen-bond donors (Lipinski definition) is 0. The number of aromatic nitrogens is 1. The Kier molecular flexibility index (Phi) is 13.5. The Morgan fingerprint density at radius 1 is 0.298 bits per heavy atom. The first kappa shape index (κ1) is 59.9. The van der Waals surface area contributed by atoms with Gasteiger partial charge in [0.15, 0.2) is 0 Å². The van der Waals surface area contributed by atoms with E-state index in [9.17, 15) is 0 Å². The molecule has 4 aliphatic rings. The van der Waals surface area contributed by atoms with E-state index in [1.165, 1.54) is 165 Å². The van der Waals surface area contributed by atoms with Gasteiger partial charge in [0.1, 0.15) is 0 Å². The van der Waals surface area contributed by atoms with Gasteiger partial charge in [0, 0.05) is 44.9 Å². The van der Waals surface area contributed by atoms with E-state index in [1.54, 1.807) is 0 Å². The summed E-state index contributed by atoms with van der Waals surface area (Å²) >= 11 is 0. The number of para-hydroxylation sites is 2. The first-order chi connectivity index (χ1) is 44.8. The number of rotatable bonds is 7. The van der Waals surface area contributed by atoms with Crippen LogP contribution >= 0.6 is 0 Å². The average molecular weight is 1220 g/mol. The Hall–Kier alpha value is -9.12. The Bertz CT molecular complexity index is 4710. The van der Waals surface area contributed by atoms with Gasteiger partial charge in [0.2, 0.25) is 0 Å². The van der Waals surface area contributed by atoms with Gasteiger partial charge in [0.05, 0.1) is 16.7 Å². The van der Waals surface area contributed by atoms with Crippen LogP contribution in [0.5, 0.6) is 0 Å². The molecule has 0 radical (unpaired) electrons. The molecule has 0 saturated carbocycles. The van der Waals surface area contributed by atoms with E-state index < -0.39 is 0 Å². The Balaban J connectivity index is 0.956. The molecule has 0 saturated heterocycles. The molecule has 16 rings (SSSR count). The summed E-state index contributed by atoms with van der Waals surface area (Å²) in [6.07, 6.45) is 4.75. The van der Waals surface area contributed by atoms with Crippen LogP contribution in [0, 0.1) is 0 Å². The maximum absolute atomic E-state index is 2.62. The maximum atomic E-state index is 2.62. The molecule has 3 nitrogen and oxygen atoms in total. The lowest BCUT2D eigenvalue weighted by molar-refractivity contribution is 0.332. The number of fused-ring (bicyclic) bond motifs is 9. The molecule has 0 N–H and O–H groups in total. The van der Waals surface area contributed by atoms with Crippen LogP contribution in [0.15, 0.2) is 231 Å². The van der Waals surface area contributed by atoms with E-state index in [1.807, 2.05) is 0 Å². The van der Waals surface area contributed by atoms with Crippen LogP contribution in [0.3, 0.4) is 0 Å². The van der Waals surface area contributed by atoms with E-state index >= 15 is 0 Å². The molecular weight excluding hydrogens is 1130 g/mol. The second kappa shape index (κ2) is 21.2. The van der Waals surface area contributed by atoms with Gasteiger partial charge in [-0.3, -0.25) is 0 Å². The normalized spacial score (nSPS) is 16.5. The molecule has 466 valence electrons. The smallest absolute Gasteiger partial charge is 0.252 e. The van der Waals surface area contributed by atoms with Crippen LogP contribution in [0.1, 0.15) is 156 Å². The van der Waals surface area contributed by atoms with Gasteiger partial charge in [-0.25, -0.2) is 0 Å². The largest absolute Gasteiger partial charge is 0.311 e. The molecule has 1 aromatic heterocycles. The number of anilines is 6. The monoisotopic (exact) mass is 1220 g/mol. The summed E-state index contributed by atoms with van der Waals surface area (Å²) in [6.45, 7) is 33.2. The van der Waals surface area contributed by atoms with Crippen molar-refractivity contribution in [2.24, 2.45) is 0 Å². The highest BCUT2D eigenvalue weighted by Gasteiger charge is 2.45. The third-order valence-electron chi connectivity index (χ3n) is 22.7. The third kappa shape index (κ3) is 9.74. The van der Waals surface area contributed by atoms with Crippen molar-refractivity contribution in [1.29, 1.82) is 0 Å². The first-order valence-corrected chi connectivity index (χ1v) is 34.6. The lowest BCUT2D eigenvalue weighted by Crippen LogP contribution is -2.61. The number of benzene rings is 11. The Labute approximate surface area is 559 Å². The van der Waals surface area contributed by atoms with E-state index in [4.69, 9.17) is 0 Å². The van der Waals surface area contributed by atoms with Gasteiger partial charge in [-0.15, -0.1) is 0 Å². The third-order valence-corrected chi connectivity index (χ3v) is 22.7. The molecule has 0 bridgehead atoms. The van der Waals surface area contributed by atoms with E-state index in [2.05, 4.69) is 342 Å². The van der Waals surface area contributed by atoms with Gasteiger partial charge >= 0.3 is 0 Å². The van der Waals surface area contributed by atoms with Crippen molar-refractivity contribution in [3.63, 3.8) is 0 Å². The van der Waals surface area contributed by atoms with Crippen molar-refractivity contribution >= 4 is 79.0 Å². The lowest BCUT2D eigenvalue weighted by atomic mass is 9.33. The van der Waals surface area contributed by atoms with Gasteiger partial charge in [0.25, 0.3) is 6.71 Å². The fourth-order valence-electron chi connectivity index (χ4n) is 16.7. The van der Waals surface area contributed by atoms with Crippen LogP contribution in [0.4, 0.5) is 34.1 Å². The van der Waals surface area contributed by atoms with Crippen LogP contribution in [-0.4, -0.2) is 11.3 Å². The molecule has 94 heavy (non-hydrogen) atoms. The highest BCUT2D eigenvalue weighted by atomic mass is 15.2. The summed E-state index contributed by atoms with van der Waals surface area (Å²) in [5, 5.41) is 2.48. The van der Waals surface area contributed by atoms with E-state index in [-0.39, 0.29) is 39.2 Å². The summed E-state index contributed by atoms with van der Waals surface area (Å²) < 4.78 is 2.53. The van der Waals surface area contributed by atoms with Crippen LogP contribution in [0.25, 0.3) is 72.0 Å². The Morgan fingerprint density at radius 3 is 0.989 bits per heavy atom. The Morgan fingerprint density at radius 2 is 0.617 bits per heavy atom. The highest BCUT2D eigenvalue weighted by Crippen LogP contribution is 2.52. The number of hydrogen-bond acceptors (Lipinski definition) is 2. The summed E-state index contributed by atoms with van der Waals surface area (Å²) in [6, 6.07) is 90.1. The van der Waals surface area contributed by atoms with Crippen molar-refractivity contribution in [1.82, 2.24) is 4.57 Å². The fourth-order valence-corrected chi connectivity index (χ4v) is 16.7. The maximum Gasteiger partial charge on any atom is 0.252 e. The SMILES string of the molecule is CC(C)(C)c1ccc(-c2ccc3c(c2)N(c2ccc(-c4ccc5c(c4)C(C)(C)CCC5(C)C)cc2)c2cc(-n4c5ccccc5c5ccccc54)cc4c2B3c2ccc(-c3ccc(C(C)(C)C)cc3)cc2N4c2ccc(-c3ccc4c(c3)C(C)(C)CCC4(C)C)cc2)cc1. The van der Waals surface area contributed by atoms with Gasteiger partial charge < -0.3 is 14.4 Å². The molecule has 2 aliphatic carbocycles. The van der Waals surface area contributed by atoms with Crippen LogP contribution < -0.4 is 26.2 Å². The zero-order valence-electron chi connectivity index (χ0n) is 57.7. The topological polar surface area (TPSA) is 11.4 Å². The summed E-state index contributed by atoms with van der Waals surface area (Å²) in [5.74, 6) is 0. The van der Waals surface area contributed by atoms with Crippen molar-refractivity contribution in [2.75, 3.05) is 9.80 Å². The van der Waals surface area contributed by atoms with Crippen molar-refractivity contribution in [3.05, 3.63) is 264 Å². The molecule has 11 aromatic carbocycles. The van der Waals surface area contributed by atoms with Crippen molar-refractivity contribution in [2.45, 2.75) is 155 Å². The minimum atomic E-state index is -0.103. The minimum absolute atomic E-state index is 0.0370. The molecule has 3 heterocycles. The van der Waals surface area contributed by atoms with Crippen molar-refractivity contribution in [3.8, 4) is 50.2 Å². The minimum Gasteiger partial charge on any atom is -0.311 e. The standard InChI is InChI=1S/C90H88BN3/c1-85(2,3)65-35-23-57(24-36-65)63-33-45-76-80(53-63)92(67-39-27-59(28-40-67)61-31-43-72-74(51-61)89(11,12)49-47-87(72,7)8)82-55-69(94-78-21-17-15-19-70(78)71-20-16-18-22-79(71)94)56-83-84(82)91(76)77-46-34-64(58-25-37-66(38-26-58)86(4,5)6)54-81(77)93(83)68-41-29-60(30-42-68)62-32-44-73-75(52-62)90(13,14)50-48-88(73,9)10/h15-46,51-56H,47-50H2,1-14H3. The van der Waals surface area contributed by atoms with Crippen molar-refractivity contribution < 1.29 is 0 Å². The molecular formula is C90H88BN3. The molecule has 4 heteroatoms. The van der Waals surface area contributed by atoms with E-state index in [0.717, 1.165) is 17.1 Å². The fraction of sp³-hybridized carbons (Fsp3) is 0.267. The molecule has 0 amide bonds. The summed E-state index contributed by atoms with van der Waals surface area (Å²) in [7, 11) is 0. The second-order valence-corrected chi connectivity index (χ2v) is 32.7. The average Bonchev–Trinajstić information content (AvgIpc) is 0.822. The predicted molar refractivity (Wildman–Crippen MR) is 405 cm³/mol. The molecule has 0 atom stereocenters. The molecule has 2 aliphatic heterocycles. The second-order valence-electron chi connectivity index (χ2n) is 32.7. The van der Waals surface area contributed by atoms with Crippen LogP contribution in [0.2, 0.25) is 0 Å². The summed E-state index contributed by atoms with van der Waals surface area (Å²) in [4.78, 5) is 5.24. The first-order valence-electron chi connectivity index (χ1n) is 34.6. The summed E-state index contributed by atoms with van der Waals surface area (Å²) in [5.41, 5.74) is 33.3. The lowest BCUT2D eigenvalue weighted by Gasteiger charge is -2.44. The molecule has 0 fully saturated rings.